The van der Waals surface area contributed by atoms with Crippen LogP contribution in [0.2, 0.25) is 0 Å². The second kappa shape index (κ2) is 6.27. The third kappa shape index (κ3) is 2.40. The largest absolute Gasteiger partial charge is 0.455 e. The Bertz CT molecular complexity index is 1570. The summed E-state index contributed by atoms with van der Waals surface area (Å²) >= 11 is 0. The van der Waals surface area contributed by atoms with E-state index >= 15 is 0 Å². The van der Waals surface area contributed by atoms with E-state index in [1.165, 1.54) is 28.0 Å². The van der Waals surface area contributed by atoms with Gasteiger partial charge < -0.3 is 4.74 Å². The number of hydrogen-bond acceptors (Lipinski definition) is 1. The van der Waals surface area contributed by atoms with Gasteiger partial charge in [0.25, 0.3) is 0 Å². The summed E-state index contributed by atoms with van der Waals surface area (Å²) in [5.74, 6) is 1.78. The van der Waals surface area contributed by atoms with Crippen LogP contribution in [0.5, 0.6) is 11.5 Å². The van der Waals surface area contributed by atoms with Gasteiger partial charge in [0, 0.05) is 17.0 Å². The summed E-state index contributed by atoms with van der Waals surface area (Å²) in [6.07, 6.45) is 2.10. The van der Waals surface area contributed by atoms with E-state index in [0.29, 0.717) is 5.92 Å². The fourth-order valence-electron chi connectivity index (χ4n) is 5.30. The predicted molar refractivity (Wildman–Crippen MR) is 124 cm³/mol. The maximum Gasteiger partial charge on any atom is 0.228 e. The van der Waals surface area contributed by atoms with Crippen molar-refractivity contribution < 1.29 is 13.7 Å². The third-order valence-electron chi connectivity index (χ3n) is 6.65. The Kier molecular flexibility index (Phi) is 3.71. The Labute approximate surface area is 180 Å². The first-order valence-corrected chi connectivity index (χ1v) is 10.7. The van der Waals surface area contributed by atoms with Crippen molar-refractivity contribution in [2.45, 2.75) is 26.7 Å². The zero-order valence-electron chi connectivity index (χ0n) is 18.1. The molecule has 0 amide bonds. The van der Waals surface area contributed by atoms with E-state index in [1.54, 1.807) is 6.07 Å². The highest BCUT2D eigenvalue weighted by molar-refractivity contribution is 6.16. The van der Waals surface area contributed by atoms with Crippen LogP contribution in [0.1, 0.15) is 30.9 Å². The molecule has 2 heterocycles. The molecular formula is C28H23FNO+. The van der Waals surface area contributed by atoms with Crippen LogP contribution in [-0.2, 0) is 7.05 Å². The second-order valence-corrected chi connectivity index (χ2v) is 8.85. The molecule has 0 atom stereocenters. The molecular weight excluding hydrogens is 385 g/mol. The lowest BCUT2D eigenvalue weighted by molar-refractivity contribution is -0.659. The van der Waals surface area contributed by atoms with Gasteiger partial charge in [0.05, 0.1) is 10.9 Å². The molecule has 31 heavy (non-hydrogen) atoms. The smallest absolute Gasteiger partial charge is 0.228 e. The van der Waals surface area contributed by atoms with E-state index in [0.717, 1.165) is 44.3 Å². The van der Waals surface area contributed by atoms with Crippen molar-refractivity contribution in [2.75, 3.05) is 0 Å². The predicted octanol–water partition coefficient (Wildman–Crippen LogP) is 7.31. The number of nitrogens with zero attached hydrogens (tertiary/aromatic N) is 1. The van der Waals surface area contributed by atoms with Gasteiger partial charge in [-0.15, -0.1) is 0 Å². The molecule has 0 N–H and O–H groups in total. The monoisotopic (exact) mass is 408 g/mol. The van der Waals surface area contributed by atoms with Gasteiger partial charge in [-0.25, -0.2) is 8.96 Å². The molecule has 0 saturated carbocycles. The summed E-state index contributed by atoms with van der Waals surface area (Å²) in [4.78, 5) is 0. The summed E-state index contributed by atoms with van der Waals surface area (Å²) in [6.45, 7) is 6.62. The quantitative estimate of drug-likeness (QED) is 0.205. The molecule has 2 nitrogen and oxygen atoms in total. The number of hydrogen-bond donors (Lipinski definition) is 0. The SMILES string of the molecule is Cc1c2c(c(C(C)C)c3ccccc13)Oc1cc3cc(F)ccc3c3cc[n+](C)c-2c13. The normalized spacial score (nSPS) is 12.6. The van der Waals surface area contributed by atoms with Crippen molar-refractivity contribution in [3.8, 4) is 22.8 Å². The lowest BCUT2D eigenvalue weighted by Gasteiger charge is -2.26. The number of ether oxygens (including phenoxy) is 1. The second-order valence-electron chi connectivity index (χ2n) is 8.85. The lowest BCUT2D eigenvalue weighted by Crippen LogP contribution is -2.32. The minimum atomic E-state index is -0.235. The van der Waals surface area contributed by atoms with Crippen LogP contribution in [0.3, 0.4) is 0 Å². The van der Waals surface area contributed by atoms with Gasteiger partial charge in [-0.05, 0) is 58.1 Å². The molecule has 0 saturated heterocycles. The van der Waals surface area contributed by atoms with E-state index < -0.39 is 0 Å². The van der Waals surface area contributed by atoms with Gasteiger partial charge in [-0.3, -0.25) is 0 Å². The van der Waals surface area contributed by atoms with Crippen molar-refractivity contribution in [2.24, 2.45) is 7.05 Å². The minimum Gasteiger partial charge on any atom is -0.455 e. The minimum absolute atomic E-state index is 0.235. The van der Waals surface area contributed by atoms with Gasteiger partial charge in [-0.2, -0.15) is 0 Å². The molecule has 3 heteroatoms. The Balaban J connectivity index is 1.86. The summed E-state index contributed by atoms with van der Waals surface area (Å²) in [5, 5.41) is 6.57. The van der Waals surface area contributed by atoms with Gasteiger partial charge in [0.15, 0.2) is 6.20 Å². The number of aryl methyl sites for hydroxylation is 2. The maximum absolute atomic E-state index is 14.0. The highest BCUT2D eigenvalue weighted by atomic mass is 19.1. The molecule has 0 spiro atoms. The van der Waals surface area contributed by atoms with Crippen molar-refractivity contribution >= 4 is 32.3 Å². The number of halogens is 1. The lowest BCUT2D eigenvalue weighted by atomic mass is 9.85. The fourth-order valence-corrected chi connectivity index (χ4v) is 5.30. The Morgan fingerprint density at radius 1 is 0.903 bits per heavy atom. The highest BCUT2D eigenvalue weighted by Gasteiger charge is 2.33. The zero-order valence-corrected chi connectivity index (χ0v) is 18.1. The summed E-state index contributed by atoms with van der Waals surface area (Å²) in [6, 6.07) is 17.7. The molecule has 0 fully saturated rings. The first-order chi connectivity index (χ1) is 15.0. The number of pyridine rings is 1. The van der Waals surface area contributed by atoms with E-state index in [-0.39, 0.29) is 5.82 Å². The van der Waals surface area contributed by atoms with Crippen LogP contribution in [0.4, 0.5) is 4.39 Å². The van der Waals surface area contributed by atoms with Crippen molar-refractivity contribution in [1.82, 2.24) is 0 Å². The van der Waals surface area contributed by atoms with Gasteiger partial charge in [-0.1, -0.05) is 44.2 Å². The van der Waals surface area contributed by atoms with E-state index in [1.807, 2.05) is 12.1 Å². The van der Waals surface area contributed by atoms with Crippen LogP contribution >= 0.6 is 0 Å². The van der Waals surface area contributed by atoms with Crippen molar-refractivity contribution in [3.05, 3.63) is 77.7 Å². The Morgan fingerprint density at radius 2 is 1.68 bits per heavy atom. The Morgan fingerprint density at radius 3 is 2.45 bits per heavy atom. The first-order valence-electron chi connectivity index (χ1n) is 10.7. The van der Waals surface area contributed by atoms with Crippen LogP contribution in [-0.4, -0.2) is 0 Å². The molecule has 0 radical (unpaired) electrons. The number of aromatic nitrogens is 1. The number of fused-ring (bicyclic) bond motifs is 5. The van der Waals surface area contributed by atoms with Crippen LogP contribution in [0.25, 0.3) is 43.6 Å². The molecule has 5 aromatic rings. The standard InChI is InChI=1S/C28H23FNO/c1-15(2)24-21-8-6-5-7-19(21)16(3)25-27-26-22(11-12-30(27)4)20-10-9-18(29)13-17(20)14-23(26)31-28(24)25/h5-15H,1-4H3/q+1. The van der Waals surface area contributed by atoms with Crippen molar-refractivity contribution in [1.29, 1.82) is 0 Å². The number of benzene rings is 4. The maximum atomic E-state index is 14.0. The molecule has 152 valence electrons. The topological polar surface area (TPSA) is 13.1 Å². The van der Waals surface area contributed by atoms with Crippen LogP contribution in [0, 0.1) is 12.7 Å². The van der Waals surface area contributed by atoms with E-state index in [2.05, 4.69) is 68.9 Å². The zero-order chi connectivity index (χ0) is 21.4. The van der Waals surface area contributed by atoms with E-state index in [9.17, 15) is 4.39 Å². The summed E-state index contributed by atoms with van der Waals surface area (Å²) in [5.41, 5.74) is 4.76. The average Bonchev–Trinajstić information content (AvgIpc) is 2.74. The molecule has 0 aliphatic carbocycles. The molecule has 1 aromatic heterocycles. The summed E-state index contributed by atoms with van der Waals surface area (Å²) < 4.78 is 22.9. The average molecular weight is 408 g/mol. The molecule has 0 bridgehead atoms. The van der Waals surface area contributed by atoms with Crippen LogP contribution in [0.15, 0.2) is 60.8 Å². The molecule has 1 aliphatic rings. The number of rotatable bonds is 1. The highest BCUT2D eigenvalue weighted by Crippen LogP contribution is 2.53. The Hall–Kier alpha value is -3.46. The van der Waals surface area contributed by atoms with Gasteiger partial charge in [0.2, 0.25) is 5.69 Å². The van der Waals surface area contributed by atoms with Crippen molar-refractivity contribution in [3.63, 3.8) is 0 Å². The molecule has 1 aliphatic heterocycles. The fraction of sp³-hybridized carbons (Fsp3) is 0.179. The van der Waals surface area contributed by atoms with Crippen LogP contribution < -0.4 is 9.30 Å². The molecule has 4 aromatic carbocycles. The van der Waals surface area contributed by atoms with Gasteiger partial charge >= 0.3 is 0 Å². The molecule has 0 unspecified atom stereocenters. The van der Waals surface area contributed by atoms with Gasteiger partial charge in [0.1, 0.15) is 24.4 Å². The summed E-state index contributed by atoms with van der Waals surface area (Å²) in [7, 11) is 2.09. The third-order valence-corrected chi connectivity index (χ3v) is 6.65. The molecule has 6 rings (SSSR count). The first kappa shape index (κ1) is 18.3. The van der Waals surface area contributed by atoms with E-state index in [4.69, 9.17) is 4.74 Å².